The van der Waals surface area contributed by atoms with Crippen molar-refractivity contribution in [3.05, 3.63) is 47.3 Å². The summed E-state index contributed by atoms with van der Waals surface area (Å²) in [6, 6.07) is 8.68. The summed E-state index contributed by atoms with van der Waals surface area (Å²) < 4.78 is 19.9. The lowest BCUT2D eigenvalue weighted by molar-refractivity contribution is -0.114. The van der Waals surface area contributed by atoms with Gasteiger partial charge in [0.1, 0.15) is 5.82 Å². The smallest absolute Gasteiger partial charge is 0.221 e. The molecule has 0 atom stereocenters. The number of nitrogens with two attached hydrogens (primary N) is 1. The van der Waals surface area contributed by atoms with Gasteiger partial charge in [-0.1, -0.05) is 39.0 Å². The average Bonchev–Trinajstić information content (AvgIpc) is 2.51. The molecule has 0 aromatic heterocycles. The summed E-state index contributed by atoms with van der Waals surface area (Å²) in [5.41, 5.74) is 10.0. The fraction of sp³-hybridized carbons (Fsp3) is 0.381. The maximum Gasteiger partial charge on any atom is 0.221 e. The fourth-order valence-electron chi connectivity index (χ4n) is 2.97. The highest BCUT2D eigenvalue weighted by Crippen LogP contribution is 2.37. The molecule has 5 heteroatoms. The summed E-state index contributed by atoms with van der Waals surface area (Å²) in [5.74, 6) is -0.488. The van der Waals surface area contributed by atoms with Crippen LogP contribution < -0.4 is 11.1 Å². The number of rotatable bonds is 5. The topological polar surface area (TPSA) is 64.3 Å². The number of methoxy groups -OCH3 is 1. The van der Waals surface area contributed by atoms with Crippen LogP contribution in [-0.4, -0.2) is 13.0 Å². The van der Waals surface area contributed by atoms with E-state index >= 15 is 0 Å². The Labute approximate surface area is 154 Å². The van der Waals surface area contributed by atoms with Crippen molar-refractivity contribution in [3.8, 4) is 11.1 Å². The number of nitrogens with one attached hydrogen (secondary N) is 1. The van der Waals surface area contributed by atoms with E-state index in [1.54, 1.807) is 25.3 Å². The maximum absolute atomic E-state index is 14.7. The van der Waals surface area contributed by atoms with Crippen LogP contribution in [0.3, 0.4) is 0 Å². The molecule has 2 aromatic rings. The highest BCUT2D eigenvalue weighted by Gasteiger charge is 2.18. The number of ether oxygens (including phenoxy) is 1. The van der Waals surface area contributed by atoms with E-state index < -0.39 is 0 Å². The molecule has 4 nitrogen and oxygen atoms in total. The molecule has 0 saturated carbocycles. The minimum Gasteiger partial charge on any atom is -0.398 e. The van der Waals surface area contributed by atoms with Gasteiger partial charge in [0.2, 0.25) is 5.91 Å². The summed E-state index contributed by atoms with van der Waals surface area (Å²) in [5, 5.41) is 2.77. The minimum atomic E-state index is -0.275. The van der Waals surface area contributed by atoms with Crippen molar-refractivity contribution in [1.29, 1.82) is 0 Å². The monoisotopic (exact) mass is 358 g/mol. The Balaban J connectivity index is 2.56. The molecular formula is C21H27FN2O2. The average molecular weight is 358 g/mol. The number of anilines is 2. The first-order chi connectivity index (χ1) is 12.1. The van der Waals surface area contributed by atoms with E-state index in [2.05, 4.69) is 26.1 Å². The largest absolute Gasteiger partial charge is 0.398 e. The highest BCUT2D eigenvalue weighted by atomic mass is 19.1. The molecule has 0 aliphatic carbocycles. The number of benzene rings is 2. The van der Waals surface area contributed by atoms with Crippen LogP contribution in [0.25, 0.3) is 11.1 Å². The van der Waals surface area contributed by atoms with Gasteiger partial charge in [0.25, 0.3) is 0 Å². The molecule has 0 aliphatic heterocycles. The Kier molecular flexibility index (Phi) is 6.03. The second-order valence-corrected chi connectivity index (χ2v) is 7.72. The summed E-state index contributed by atoms with van der Waals surface area (Å²) in [6.45, 7) is 7.98. The van der Waals surface area contributed by atoms with E-state index in [1.807, 2.05) is 6.07 Å². The lowest BCUT2D eigenvalue weighted by Gasteiger charge is -2.20. The van der Waals surface area contributed by atoms with Crippen molar-refractivity contribution in [2.24, 2.45) is 5.41 Å². The van der Waals surface area contributed by atoms with E-state index in [4.69, 9.17) is 10.5 Å². The first kappa shape index (κ1) is 19.9. The summed E-state index contributed by atoms with van der Waals surface area (Å²) in [7, 11) is 1.59. The second kappa shape index (κ2) is 7.87. The van der Waals surface area contributed by atoms with E-state index in [9.17, 15) is 9.18 Å². The predicted molar refractivity (Wildman–Crippen MR) is 104 cm³/mol. The molecule has 0 bridgehead atoms. The third-order valence-electron chi connectivity index (χ3n) is 4.01. The Hall–Kier alpha value is -2.40. The number of halogens is 1. The normalized spacial score (nSPS) is 11.5. The molecule has 0 radical (unpaired) electrons. The highest BCUT2D eigenvalue weighted by molar-refractivity contribution is 5.98. The molecule has 140 valence electrons. The van der Waals surface area contributed by atoms with Gasteiger partial charge >= 0.3 is 0 Å². The molecule has 26 heavy (non-hydrogen) atoms. The van der Waals surface area contributed by atoms with Gasteiger partial charge in [-0.05, 0) is 35.1 Å². The van der Waals surface area contributed by atoms with Crippen molar-refractivity contribution in [1.82, 2.24) is 0 Å². The van der Waals surface area contributed by atoms with Crippen LogP contribution in [0.15, 0.2) is 30.3 Å². The van der Waals surface area contributed by atoms with Gasteiger partial charge in [-0.15, -0.1) is 0 Å². The number of hydrogen-bond acceptors (Lipinski definition) is 3. The fourth-order valence-corrected chi connectivity index (χ4v) is 2.97. The zero-order chi connectivity index (χ0) is 19.5. The van der Waals surface area contributed by atoms with Crippen LogP contribution in [0, 0.1) is 11.2 Å². The Morgan fingerprint density at radius 1 is 1.19 bits per heavy atom. The third-order valence-corrected chi connectivity index (χ3v) is 4.01. The second-order valence-electron chi connectivity index (χ2n) is 7.72. The van der Waals surface area contributed by atoms with E-state index in [1.165, 1.54) is 13.0 Å². The summed E-state index contributed by atoms with van der Waals surface area (Å²) in [6.07, 6.45) is 0.636. The maximum atomic E-state index is 14.7. The summed E-state index contributed by atoms with van der Waals surface area (Å²) >= 11 is 0. The van der Waals surface area contributed by atoms with Gasteiger partial charge in [-0.3, -0.25) is 4.79 Å². The van der Waals surface area contributed by atoms with Crippen LogP contribution in [0.2, 0.25) is 0 Å². The number of nitrogen functional groups attached to an aromatic ring is 1. The molecule has 2 aromatic carbocycles. The molecule has 0 aliphatic rings. The van der Waals surface area contributed by atoms with Gasteiger partial charge in [0, 0.05) is 30.8 Å². The number of carbonyl (C=O) groups excluding carboxylic acids is 1. The number of amides is 1. The van der Waals surface area contributed by atoms with E-state index in [-0.39, 0.29) is 17.1 Å². The van der Waals surface area contributed by atoms with E-state index in [0.717, 1.165) is 5.56 Å². The first-order valence-corrected chi connectivity index (χ1v) is 8.59. The van der Waals surface area contributed by atoms with Crippen molar-refractivity contribution in [2.45, 2.75) is 40.7 Å². The zero-order valence-corrected chi connectivity index (χ0v) is 16.1. The minimum absolute atomic E-state index is 0.0128. The van der Waals surface area contributed by atoms with Gasteiger partial charge in [0.15, 0.2) is 0 Å². The van der Waals surface area contributed by atoms with Crippen LogP contribution in [-0.2, 0) is 22.6 Å². The van der Waals surface area contributed by atoms with Gasteiger partial charge in [0.05, 0.1) is 12.3 Å². The first-order valence-electron chi connectivity index (χ1n) is 8.59. The number of carbonyl (C=O) groups is 1. The Morgan fingerprint density at radius 2 is 1.85 bits per heavy atom. The summed E-state index contributed by atoms with van der Waals surface area (Å²) in [4.78, 5) is 11.5. The van der Waals surface area contributed by atoms with Crippen LogP contribution in [0.1, 0.15) is 38.8 Å². The molecule has 0 spiro atoms. The standard InChI is InChI=1S/C21H27FN2O2/c1-13(25)24-18-9-8-16(12-26-5)20(23)19(18)14-6-7-15(17(22)10-14)11-21(2,3)4/h6-10H,11-12,23H2,1-5H3,(H,24,25). The molecule has 0 heterocycles. The lowest BCUT2D eigenvalue weighted by Crippen LogP contribution is -2.11. The Morgan fingerprint density at radius 3 is 2.38 bits per heavy atom. The molecule has 0 fully saturated rings. The molecule has 0 unspecified atom stereocenters. The SMILES string of the molecule is COCc1ccc(NC(C)=O)c(-c2ccc(CC(C)(C)C)c(F)c2)c1N. The third kappa shape index (κ3) is 4.82. The molecule has 2 rings (SSSR count). The van der Waals surface area contributed by atoms with Crippen LogP contribution in [0.5, 0.6) is 0 Å². The van der Waals surface area contributed by atoms with Crippen molar-refractivity contribution in [3.63, 3.8) is 0 Å². The van der Waals surface area contributed by atoms with Gasteiger partial charge in [-0.2, -0.15) is 0 Å². The molecule has 3 N–H and O–H groups in total. The van der Waals surface area contributed by atoms with Gasteiger partial charge < -0.3 is 15.8 Å². The molecule has 1 amide bonds. The van der Waals surface area contributed by atoms with Crippen molar-refractivity contribution < 1.29 is 13.9 Å². The van der Waals surface area contributed by atoms with Gasteiger partial charge in [-0.25, -0.2) is 4.39 Å². The molecule has 0 saturated heterocycles. The Bertz CT molecular complexity index is 810. The zero-order valence-electron chi connectivity index (χ0n) is 16.1. The molecular weight excluding hydrogens is 331 g/mol. The number of hydrogen-bond donors (Lipinski definition) is 2. The lowest BCUT2D eigenvalue weighted by atomic mass is 9.87. The van der Waals surface area contributed by atoms with E-state index in [0.29, 0.717) is 41.1 Å². The van der Waals surface area contributed by atoms with Crippen LogP contribution >= 0.6 is 0 Å². The predicted octanol–water partition coefficient (Wildman–Crippen LogP) is 4.77. The van der Waals surface area contributed by atoms with Crippen molar-refractivity contribution in [2.75, 3.05) is 18.2 Å². The quantitative estimate of drug-likeness (QED) is 0.757. The van der Waals surface area contributed by atoms with Crippen LogP contribution in [0.4, 0.5) is 15.8 Å². The van der Waals surface area contributed by atoms with Crippen molar-refractivity contribution >= 4 is 17.3 Å².